The van der Waals surface area contributed by atoms with Crippen LogP contribution in [0.1, 0.15) is 12.8 Å². The Labute approximate surface area is 66.0 Å². The summed E-state index contributed by atoms with van der Waals surface area (Å²) in [6.07, 6.45) is 1.71. The summed E-state index contributed by atoms with van der Waals surface area (Å²) in [6, 6.07) is 0. The van der Waals surface area contributed by atoms with Crippen molar-refractivity contribution < 1.29 is 9.90 Å². The molecule has 0 heterocycles. The summed E-state index contributed by atoms with van der Waals surface area (Å²) in [5.41, 5.74) is 5.24. The first-order valence-corrected chi connectivity index (χ1v) is 3.18. The summed E-state index contributed by atoms with van der Waals surface area (Å²) in [5.74, 6) is -0.352. The Morgan fingerprint density at radius 2 is 2.30 bits per heavy atom. The quantitative estimate of drug-likeness (QED) is 0.640. The first-order chi connectivity index (χ1) is 4.25. The predicted octanol–water partition coefficient (Wildman–Crippen LogP) is 0.478. The molecule has 1 saturated carbocycles. The largest absolute Gasteiger partial charge is 0.481 e. The minimum absolute atomic E-state index is 0. The van der Waals surface area contributed by atoms with E-state index in [2.05, 4.69) is 0 Å². The van der Waals surface area contributed by atoms with Crippen molar-refractivity contribution in [1.29, 1.82) is 0 Å². The van der Waals surface area contributed by atoms with E-state index in [-0.39, 0.29) is 18.3 Å². The topological polar surface area (TPSA) is 63.3 Å². The molecule has 1 rings (SSSR count). The Morgan fingerprint density at radius 1 is 1.70 bits per heavy atom. The second kappa shape index (κ2) is 3.78. The smallest absolute Gasteiger partial charge is 0.306 e. The van der Waals surface area contributed by atoms with E-state index >= 15 is 0 Å². The number of hydrogen-bond acceptors (Lipinski definition) is 2. The van der Waals surface area contributed by atoms with Gasteiger partial charge in [0.15, 0.2) is 0 Å². The zero-order chi connectivity index (χ0) is 6.85. The summed E-state index contributed by atoms with van der Waals surface area (Å²) >= 11 is 0. The van der Waals surface area contributed by atoms with E-state index in [9.17, 15) is 4.79 Å². The molecule has 0 bridgehead atoms. The van der Waals surface area contributed by atoms with Crippen LogP contribution in [0.25, 0.3) is 0 Å². The van der Waals surface area contributed by atoms with Gasteiger partial charge in [0.1, 0.15) is 0 Å². The second-order valence-corrected chi connectivity index (χ2v) is 2.52. The fourth-order valence-electron chi connectivity index (χ4n) is 1.08. The van der Waals surface area contributed by atoms with E-state index in [1.54, 1.807) is 0 Å². The van der Waals surface area contributed by atoms with Crippen LogP contribution in [0.2, 0.25) is 0 Å². The maximum atomic E-state index is 10.2. The molecule has 0 radical (unpaired) electrons. The fourth-order valence-corrected chi connectivity index (χ4v) is 1.08. The Hall–Kier alpha value is -0.280. The number of aliphatic carboxylic acids is 1. The lowest BCUT2D eigenvalue weighted by Gasteiger charge is -1.89. The molecule has 1 aliphatic carbocycles. The van der Waals surface area contributed by atoms with Crippen molar-refractivity contribution in [3.63, 3.8) is 0 Å². The Bertz CT molecular complexity index is 129. The zero-order valence-electron chi connectivity index (χ0n) is 5.62. The van der Waals surface area contributed by atoms with Crippen molar-refractivity contribution in [2.45, 2.75) is 12.8 Å². The summed E-state index contributed by atoms with van der Waals surface area (Å²) < 4.78 is 0. The molecule has 0 aromatic rings. The molecule has 0 aliphatic heterocycles. The molecule has 10 heavy (non-hydrogen) atoms. The maximum absolute atomic E-state index is 10.2. The summed E-state index contributed by atoms with van der Waals surface area (Å²) in [6.45, 7) is 0.619. The van der Waals surface area contributed by atoms with Crippen molar-refractivity contribution in [3.8, 4) is 0 Å². The van der Waals surface area contributed by atoms with Gasteiger partial charge in [-0.15, -0.1) is 12.4 Å². The Morgan fingerprint density at radius 3 is 2.60 bits per heavy atom. The van der Waals surface area contributed by atoms with Crippen LogP contribution in [0.4, 0.5) is 0 Å². The van der Waals surface area contributed by atoms with E-state index in [0.717, 1.165) is 12.8 Å². The first kappa shape index (κ1) is 9.72. The summed E-state index contributed by atoms with van der Waals surface area (Å²) in [4.78, 5) is 10.2. The van der Waals surface area contributed by atoms with Gasteiger partial charge in [-0.3, -0.25) is 4.79 Å². The number of carboxylic acid groups (broad SMARTS) is 1. The fraction of sp³-hybridized carbons (Fsp3) is 0.833. The predicted molar refractivity (Wildman–Crippen MR) is 40.2 cm³/mol. The molecular formula is C6H12ClNO2. The van der Waals surface area contributed by atoms with Gasteiger partial charge in [0, 0.05) is 0 Å². The molecule has 3 N–H and O–H groups in total. The van der Waals surface area contributed by atoms with Crippen molar-refractivity contribution in [1.82, 2.24) is 0 Å². The molecule has 1 aliphatic rings. The van der Waals surface area contributed by atoms with Gasteiger partial charge in [-0.1, -0.05) is 0 Å². The van der Waals surface area contributed by atoms with Crippen molar-refractivity contribution in [2.75, 3.05) is 6.54 Å². The van der Waals surface area contributed by atoms with Gasteiger partial charge in [-0.2, -0.15) is 0 Å². The molecule has 0 aromatic heterocycles. The lowest BCUT2D eigenvalue weighted by molar-refractivity contribution is -0.138. The molecule has 0 saturated heterocycles. The number of carboxylic acids is 1. The lowest BCUT2D eigenvalue weighted by Crippen LogP contribution is -2.04. The molecule has 60 valence electrons. The number of hydrogen-bond donors (Lipinski definition) is 2. The maximum Gasteiger partial charge on any atom is 0.306 e. The van der Waals surface area contributed by atoms with Gasteiger partial charge in [-0.25, -0.2) is 0 Å². The molecule has 0 spiro atoms. The number of carbonyl (C=O) groups is 1. The van der Waals surface area contributed by atoms with Crippen molar-refractivity contribution >= 4 is 18.4 Å². The third-order valence-electron chi connectivity index (χ3n) is 1.78. The normalized spacial score (nSPS) is 28.9. The zero-order valence-corrected chi connectivity index (χ0v) is 6.43. The van der Waals surface area contributed by atoms with Crippen LogP contribution in [0.5, 0.6) is 0 Å². The minimum atomic E-state index is -0.659. The molecule has 3 nitrogen and oxygen atoms in total. The SMILES string of the molecule is Cl.NCC[C@@H]1C[C@H]1C(=O)O. The number of rotatable bonds is 3. The molecule has 0 aromatic carbocycles. The molecule has 0 amide bonds. The standard InChI is InChI=1S/C6H11NO2.ClH/c7-2-1-4-3-5(4)6(8)9;/h4-5H,1-3,7H2,(H,8,9);1H/t4-,5-;/m1./s1. The van der Waals surface area contributed by atoms with Crippen LogP contribution in [0, 0.1) is 11.8 Å². The number of halogens is 1. The van der Waals surface area contributed by atoms with Crippen molar-refractivity contribution in [2.24, 2.45) is 17.6 Å². The third-order valence-corrected chi connectivity index (χ3v) is 1.78. The van der Waals surface area contributed by atoms with Gasteiger partial charge in [0.25, 0.3) is 0 Å². The third kappa shape index (κ3) is 2.15. The average molecular weight is 166 g/mol. The summed E-state index contributed by atoms with van der Waals surface area (Å²) in [5, 5.41) is 8.41. The van der Waals surface area contributed by atoms with E-state index in [1.807, 2.05) is 0 Å². The van der Waals surface area contributed by atoms with E-state index in [0.29, 0.717) is 12.5 Å². The Balaban J connectivity index is 0.000000810. The first-order valence-electron chi connectivity index (χ1n) is 3.18. The van der Waals surface area contributed by atoms with Crippen LogP contribution in [0.15, 0.2) is 0 Å². The molecule has 1 fully saturated rings. The van der Waals surface area contributed by atoms with Gasteiger partial charge in [0.05, 0.1) is 5.92 Å². The van der Waals surface area contributed by atoms with Gasteiger partial charge in [-0.05, 0) is 25.3 Å². The molecule has 0 unspecified atom stereocenters. The minimum Gasteiger partial charge on any atom is -0.481 e. The van der Waals surface area contributed by atoms with E-state index in [4.69, 9.17) is 10.8 Å². The van der Waals surface area contributed by atoms with Crippen LogP contribution in [0.3, 0.4) is 0 Å². The lowest BCUT2D eigenvalue weighted by atomic mass is 10.2. The molecule has 2 atom stereocenters. The summed E-state index contributed by atoms with van der Waals surface area (Å²) in [7, 11) is 0. The highest BCUT2D eigenvalue weighted by Gasteiger charge is 2.41. The van der Waals surface area contributed by atoms with Crippen LogP contribution >= 0.6 is 12.4 Å². The molecule has 4 heteroatoms. The van der Waals surface area contributed by atoms with Gasteiger partial charge < -0.3 is 10.8 Å². The second-order valence-electron chi connectivity index (χ2n) is 2.52. The van der Waals surface area contributed by atoms with E-state index in [1.165, 1.54) is 0 Å². The highest BCUT2D eigenvalue weighted by molar-refractivity contribution is 5.85. The monoisotopic (exact) mass is 165 g/mol. The average Bonchev–Trinajstić information content (AvgIpc) is 2.47. The van der Waals surface area contributed by atoms with Crippen molar-refractivity contribution in [3.05, 3.63) is 0 Å². The van der Waals surface area contributed by atoms with Gasteiger partial charge >= 0.3 is 5.97 Å². The van der Waals surface area contributed by atoms with Crippen LogP contribution in [-0.2, 0) is 4.79 Å². The van der Waals surface area contributed by atoms with Crippen LogP contribution < -0.4 is 5.73 Å². The molecular weight excluding hydrogens is 154 g/mol. The Kier molecular flexibility index (Phi) is 3.68. The van der Waals surface area contributed by atoms with Gasteiger partial charge in [0.2, 0.25) is 0 Å². The van der Waals surface area contributed by atoms with Crippen LogP contribution in [-0.4, -0.2) is 17.6 Å². The number of nitrogens with two attached hydrogens (primary N) is 1. The highest BCUT2D eigenvalue weighted by atomic mass is 35.5. The van der Waals surface area contributed by atoms with E-state index < -0.39 is 5.97 Å². The highest BCUT2D eigenvalue weighted by Crippen LogP contribution is 2.40.